The van der Waals surface area contributed by atoms with Crippen LogP contribution in [0.2, 0.25) is 0 Å². The fraction of sp³-hybridized carbons (Fsp3) is 0.273. The molecule has 1 aliphatic rings. The van der Waals surface area contributed by atoms with Crippen molar-refractivity contribution in [1.29, 1.82) is 0 Å². The van der Waals surface area contributed by atoms with Crippen LogP contribution in [0.25, 0.3) is 32.8 Å². The van der Waals surface area contributed by atoms with Crippen LogP contribution in [-0.2, 0) is 37.8 Å². The van der Waals surface area contributed by atoms with Crippen molar-refractivity contribution < 1.29 is 28.2 Å². The highest BCUT2D eigenvalue weighted by Crippen LogP contribution is 2.39. The fourth-order valence-corrected chi connectivity index (χ4v) is 5.97. The molecule has 2 aromatic heterocycles. The quantitative estimate of drug-likeness (QED) is 0.164. The highest BCUT2D eigenvalue weighted by Gasteiger charge is 2.28. The van der Waals surface area contributed by atoms with Crippen molar-refractivity contribution in [3.8, 4) is 16.9 Å². The number of alkyl halides is 2. The van der Waals surface area contributed by atoms with Gasteiger partial charge in [-0.15, -0.1) is 0 Å². The summed E-state index contributed by atoms with van der Waals surface area (Å²) in [6.45, 7) is 1.19. The molecule has 0 fully saturated rings. The molecule has 3 aromatic carbocycles. The molecule has 0 radical (unpaired) electrons. The Kier molecular flexibility index (Phi) is 7.75. The highest BCUT2D eigenvalue weighted by atomic mass is 19.3. The largest absolute Gasteiger partial charge is 0.493 e. The number of aromatic carboxylic acids is 1. The average molecular weight is 572 g/mol. The smallest absolute Gasteiger partial charge is 0.352 e. The third-order valence-corrected chi connectivity index (χ3v) is 7.73. The lowest BCUT2D eigenvalue weighted by molar-refractivity contribution is 0.0685. The first-order valence-corrected chi connectivity index (χ1v) is 14.0. The van der Waals surface area contributed by atoms with Gasteiger partial charge in [0.15, 0.2) is 0 Å². The summed E-state index contributed by atoms with van der Waals surface area (Å²) in [6.07, 6.45) is 1.69. The minimum Gasteiger partial charge on any atom is -0.493 e. The van der Waals surface area contributed by atoms with E-state index in [0.717, 1.165) is 21.9 Å². The van der Waals surface area contributed by atoms with Gasteiger partial charge < -0.3 is 19.1 Å². The predicted octanol–water partition coefficient (Wildman–Crippen LogP) is 6.80. The van der Waals surface area contributed by atoms with E-state index in [1.807, 2.05) is 72.8 Å². The van der Waals surface area contributed by atoms with Crippen molar-refractivity contribution in [3.05, 3.63) is 95.5 Å². The van der Waals surface area contributed by atoms with Gasteiger partial charge in [0.2, 0.25) is 6.43 Å². The molecule has 216 valence electrons. The number of rotatable bonds is 8. The zero-order chi connectivity index (χ0) is 29.2. The highest BCUT2D eigenvalue weighted by molar-refractivity contribution is 6.04. The Bertz CT molecular complexity index is 1800. The summed E-state index contributed by atoms with van der Waals surface area (Å²) in [6, 6.07) is 19.6. The van der Waals surface area contributed by atoms with Crippen molar-refractivity contribution >= 4 is 27.6 Å². The number of carboxylic acids is 1. The van der Waals surface area contributed by atoms with Gasteiger partial charge in [0.1, 0.15) is 11.4 Å². The van der Waals surface area contributed by atoms with Crippen LogP contribution in [0, 0.1) is 0 Å². The van der Waals surface area contributed by atoms with E-state index in [-0.39, 0.29) is 18.0 Å². The maximum absolute atomic E-state index is 13.6. The molecular weight excluding hydrogens is 540 g/mol. The number of aryl methyl sites for hydroxylation is 2. The van der Waals surface area contributed by atoms with Gasteiger partial charge in [0.05, 0.1) is 43.1 Å². The maximum Gasteiger partial charge on any atom is 0.352 e. The topological polar surface area (TPSA) is 78.5 Å². The fourth-order valence-electron chi connectivity index (χ4n) is 5.97. The molecule has 0 spiro atoms. The molecule has 0 saturated carbocycles. The van der Waals surface area contributed by atoms with E-state index < -0.39 is 18.8 Å². The van der Waals surface area contributed by atoms with Gasteiger partial charge in [-0.3, -0.25) is 4.68 Å². The maximum atomic E-state index is 13.6. The zero-order valence-corrected chi connectivity index (χ0v) is 23.2. The summed E-state index contributed by atoms with van der Waals surface area (Å²) in [4.78, 5) is 12.8. The van der Waals surface area contributed by atoms with E-state index in [4.69, 9.17) is 9.47 Å². The summed E-state index contributed by atoms with van der Waals surface area (Å²) in [5, 5.41) is 17.8. The van der Waals surface area contributed by atoms with Gasteiger partial charge in [0.25, 0.3) is 0 Å². The number of halogens is 2. The van der Waals surface area contributed by atoms with Crippen molar-refractivity contribution in [1.82, 2.24) is 14.3 Å². The molecule has 1 aliphatic heterocycles. The second-order valence-corrected chi connectivity index (χ2v) is 10.3. The van der Waals surface area contributed by atoms with Crippen LogP contribution >= 0.6 is 0 Å². The van der Waals surface area contributed by atoms with Crippen molar-refractivity contribution in [2.75, 3.05) is 13.2 Å². The first-order valence-electron chi connectivity index (χ1n) is 14.0. The molecule has 3 heterocycles. The molecule has 0 atom stereocenters. The van der Waals surface area contributed by atoms with E-state index in [2.05, 4.69) is 5.10 Å². The van der Waals surface area contributed by atoms with Gasteiger partial charge in [-0.1, -0.05) is 66.7 Å². The Labute approximate surface area is 241 Å². The molecule has 9 heteroatoms. The van der Waals surface area contributed by atoms with E-state index in [1.54, 1.807) is 16.3 Å². The lowest BCUT2D eigenvalue weighted by Crippen LogP contribution is -2.11. The number of hydrogen-bond donors (Lipinski definition) is 1. The van der Waals surface area contributed by atoms with Gasteiger partial charge >= 0.3 is 5.97 Å². The molecule has 42 heavy (non-hydrogen) atoms. The first-order chi connectivity index (χ1) is 20.4. The standard InChI is InChI=1S/C33H31F2N3O4/c1-37-27-20-41-17-5-4-16-38-31-23(12-7-13-25(31)30(27)26(36-37)19-29(34)35)24(32(38)33(39)40)14-8-18-42-28-15-6-10-21-9-2-3-11-22(21)28/h2-7,9-13,15,29H,8,14,16-20H2,1H3,(H,39,40)/b5-4-. The van der Waals surface area contributed by atoms with E-state index in [9.17, 15) is 18.7 Å². The Morgan fingerprint density at radius 2 is 1.86 bits per heavy atom. The van der Waals surface area contributed by atoms with Gasteiger partial charge in [-0.25, -0.2) is 13.6 Å². The molecule has 0 amide bonds. The summed E-state index contributed by atoms with van der Waals surface area (Å²) < 4.78 is 42.6. The average Bonchev–Trinajstić information content (AvgIpc) is 3.44. The Balaban J connectivity index is 1.42. The molecule has 1 N–H and O–H groups in total. The number of aromatic nitrogens is 3. The van der Waals surface area contributed by atoms with E-state index in [0.29, 0.717) is 60.5 Å². The third kappa shape index (κ3) is 5.16. The molecule has 0 unspecified atom stereocenters. The van der Waals surface area contributed by atoms with Crippen LogP contribution in [0.5, 0.6) is 5.75 Å². The molecule has 0 aliphatic carbocycles. The number of nitrogens with zero attached hydrogens (tertiary/aromatic N) is 3. The monoisotopic (exact) mass is 571 g/mol. The first kappa shape index (κ1) is 27.7. The Morgan fingerprint density at radius 1 is 1.07 bits per heavy atom. The third-order valence-electron chi connectivity index (χ3n) is 7.73. The molecule has 5 aromatic rings. The minimum atomic E-state index is -2.58. The molecule has 0 bridgehead atoms. The number of ether oxygens (including phenoxy) is 2. The van der Waals surface area contributed by atoms with Crippen LogP contribution in [0.15, 0.2) is 72.8 Å². The van der Waals surface area contributed by atoms with Gasteiger partial charge in [0, 0.05) is 35.5 Å². The van der Waals surface area contributed by atoms with Crippen molar-refractivity contribution in [2.45, 2.75) is 38.8 Å². The lowest BCUT2D eigenvalue weighted by Gasteiger charge is -2.12. The number of carboxylic acid groups (broad SMARTS) is 1. The van der Waals surface area contributed by atoms with E-state index in [1.165, 1.54) is 0 Å². The number of hydrogen-bond acceptors (Lipinski definition) is 4. The lowest BCUT2D eigenvalue weighted by atomic mass is 9.97. The summed E-state index contributed by atoms with van der Waals surface area (Å²) in [5.41, 5.74) is 3.76. The number of fused-ring (bicyclic) bond motifs is 3. The predicted molar refractivity (Wildman–Crippen MR) is 157 cm³/mol. The molecule has 7 nitrogen and oxygen atoms in total. The second-order valence-electron chi connectivity index (χ2n) is 10.3. The van der Waals surface area contributed by atoms with Gasteiger partial charge in [-0.05, 0) is 29.9 Å². The molecule has 0 saturated heterocycles. The Hall–Kier alpha value is -4.50. The summed E-state index contributed by atoms with van der Waals surface area (Å²) >= 11 is 0. The zero-order valence-electron chi connectivity index (χ0n) is 23.2. The normalized spacial score (nSPS) is 14.2. The second kappa shape index (κ2) is 11.8. The number of benzene rings is 3. The van der Waals surface area contributed by atoms with Crippen molar-refractivity contribution in [3.63, 3.8) is 0 Å². The number of allylic oxidation sites excluding steroid dienone is 1. The van der Waals surface area contributed by atoms with Crippen LogP contribution in [0.3, 0.4) is 0 Å². The number of carbonyl (C=O) groups is 1. The van der Waals surface area contributed by atoms with E-state index >= 15 is 0 Å². The summed E-state index contributed by atoms with van der Waals surface area (Å²) in [7, 11) is 1.72. The van der Waals surface area contributed by atoms with Crippen LogP contribution < -0.4 is 4.74 Å². The SMILES string of the molecule is Cn1nc(CC(F)F)c2c1COC/C=C\Cn1c(C(=O)O)c(CCCOc3cccc4ccccc34)c3cccc-2c31. The summed E-state index contributed by atoms with van der Waals surface area (Å²) in [5.74, 6) is -0.255. The van der Waals surface area contributed by atoms with Gasteiger partial charge in [-0.2, -0.15) is 5.10 Å². The van der Waals surface area contributed by atoms with Crippen LogP contribution in [-0.4, -0.2) is 45.1 Å². The molecular formula is C33H31F2N3O4. The Morgan fingerprint density at radius 3 is 2.69 bits per heavy atom. The minimum absolute atomic E-state index is 0.188. The number of para-hydroxylation sites is 1. The van der Waals surface area contributed by atoms with Crippen molar-refractivity contribution in [2.24, 2.45) is 7.05 Å². The molecule has 6 rings (SSSR count). The van der Waals surface area contributed by atoms with Crippen LogP contribution in [0.1, 0.15) is 33.9 Å². The van der Waals surface area contributed by atoms with Crippen LogP contribution in [0.4, 0.5) is 8.78 Å².